The van der Waals surface area contributed by atoms with Crippen molar-refractivity contribution in [3.63, 3.8) is 0 Å². The Kier molecular flexibility index (Phi) is 9.14. The molecule has 0 aliphatic rings. The number of rotatable bonds is 8. The summed E-state index contributed by atoms with van der Waals surface area (Å²) in [6, 6.07) is 14.0. The van der Waals surface area contributed by atoms with Crippen LogP contribution in [-0.4, -0.2) is 45.0 Å². The third-order valence-corrected chi connectivity index (χ3v) is 5.04. The molecule has 11 heteroatoms. The van der Waals surface area contributed by atoms with Crippen molar-refractivity contribution in [2.75, 3.05) is 0 Å². The van der Waals surface area contributed by atoms with E-state index in [0.29, 0.717) is 0 Å². The summed E-state index contributed by atoms with van der Waals surface area (Å²) in [4.78, 5) is 56.7. The van der Waals surface area contributed by atoms with E-state index >= 15 is 0 Å². The maximum atomic E-state index is 12.5. The van der Waals surface area contributed by atoms with E-state index in [2.05, 4.69) is 35.7 Å². The largest absolute Gasteiger partial charge is 0.545 e. The van der Waals surface area contributed by atoms with Gasteiger partial charge in [-0.3, -0.25) is 4.79 Å². The highest BCUT2D eigenvalue weighted by atomic mass is 16.4. The van der Waals surface area contributed by atoms with Gasteiger partial charge in [0.2, 0.25) is 0 Å². The smallest absolute Gasteiger partial charge is 0.336 e. The molecule has 9 N–H and O–H groups in total. The number of hydrogen-bond acceptors (Lipinski definition) is 6. The van der Waals surface area contributed by atoms with Crippen LogP contribution >= 0.6 is 0 Å². The van der Waals surface area contributed by atoms with E-state index in [1.54, 1.807) is 0 Å². The van der Waals surface area contributed by atoms with E-state index in [1.807, 2.05) is 0 Å². The summed E-state index contributed by atoms with van der Waals surface area (Å²) < 4.78 is 0. The molecule has 0 atom stereocenters. The van der Waals surface area contributed by atoms with Crippen LogP contribution in [-0.2, 0) is 13.1 Å². The Balaban J connectivity index is 0.000000380. The van der Waals surface area contributed by atoms with Gasteiger partial charge < -0.3 is 36.7 Å². The number of benzene rings is 3. The fourth-order valence-corrected chi connectivity index (χ4v) is 3.20. The minimum atomic E-state index is -1.80. The summed E-state index contributed by atoms with van der Waals surface area (Å²) >= 11 is 0. The lowest BCUT2D eigenvalue weighted by Crippen LogP contribution is -2.48. The van der Waals surface area contributed by atoms with Crippen LogP contribution in [0.1, 0.15) is 68.5 Å². The molecule has 0 aliphatic carbocycles. The quantitative estimate of drug-likeness (QED) is 0.255. The van der Waals surface area contributed by atoms with Crippen molar-refractivity contribution in [1.82, 2.24) is 0 Å². The van der Waals surface area contributed by atoms with Gasteiger partial charge in [0.25, 0.3) is 0 Å². The van der Waals surface area contributed by atoms with E-state index in [4.69, 9.17) is 15.3 Å². The first kappa shape index (κ1) is 27.4. The van der Waals surface area contributed by atoms with Gasteiger partial charge in [-0.2, -0.15) is 0 Å². The molecule has 0 unspecified atom stereocenters. The molecule has 0 fully saturated rings. The summed E-state index contributed by atoms with van der Waals surface area (Å²) in [5, 5.41) is 38.1. The molecule has 186 valence electrons. The number of carbonyl (C=O) groups excluding carboxylic acids is 2. The Hall–Kier alpha value is -4.87. The van der Waals surface area contributed by atoms with E-state index in [-0.39, 0.29) is 11.1 Å². The molecule has 0 saturated heterocycles. The second-order valence-corrected chi connectivity index (χ2v) is 7.37. The van der Waals surface area contributed by atoms with E-state index in [0.717, 1.165) is 49.5 Å². The molecule has 0 saturated carbocycles. The van der Waals surface area contributed by atoms with Gasteiger partial charge in [-0.25, -0.2) is 14.4 Å². The zero-order valence-corrected chi connectivity index (χ0v) is 18.9. The number of carbonyl (C=O) groups is 5. The second kappa shape index (κ2) is 12.0. The molecule has 11 nitrogen and oxygen atoms in total. The van der Waals surface area contributed by atoms with Crippen LogP contribution < -0.4 is 16.6 Å². The van der Waals surface area contributed by atoms with Crippen molar-refractivity contribution < 1.29 is 55.9 Å². The molecule has 0 aliphatic heterocycles. The van der Waals surface area contributed by atoms with Gasteiger partial charge in [-0.1, -0.05) is 30.3 Å². The summed E-state index contributed by atoms with van der Waals surface area (Å²) in [7, 11) is 0. The number of aromatic carboxylic acids is 4. The lowest BCUT2D eigenvalue weighted by atomic mass is 9.95. The molecule has 0 radical (unpaired) electrons. The molecular weight excluding hydrogens is 472 g/mol. The first-order valence-electron chi connectivity index (χ1n) is 10.4. The summed E-state index contributed by atoms with van der Waals surface area (Å²) in [6.07, 6.45) is 0. The highest BCUT2D eigenvalue weighted by molar-refractivity contribution is 6.13. The molecule has 36 heavy (non-hydrogen) atoms. The molecule has 0 spiro atoms. The Bertz CT molecular complexity index is 1250. The molecule has 3 rings (SSSR count). The Morgan fingerprint density at radius 1 is 0.611 bits per heavy atom. The molecular formula is C25H23N2O9+. The van der Waals surface area contributed by atoms with Crippen molar-refractivity contribution in [3.8, 4) is 0 Å². The van der Waals surface area contributed by atoms with Crippen LogP contribution in [0.3, 0.4) is 0 Å². The standard InChI is InChI=1S/C17H10O9.C8H12N2/c18-13(7-1-3-9(14(19)20)11(5-7)16(23)24)8-2-4-10(15(21)22)12(6-8)17(25)26;9-5-7-2-1-3-8(4-7)6-10/h1-6H,(H,19,20)(H,21,22)(H,23,24)(H,25,26);1-4H,5-6,9-10H2/p+1. The van der Waals surface area contributed by atoms with Crippen LogP contribution in [0.4, 0.5) is 0 Å². The Morgan fingerprint density at radius 3 is 1.42 bits per heavy atom. The van der Waals surface area contributed by atoms with E-state index in [9.17, 15) is 29.1 Å². The van der Waals surface area contributed by atoms with Gasteiger partial charge in [0.05, 0.1) is 35.7 Å². The van der Waals surface area contributed by atoms with E-state index < -0.39 is 51.9 Å². The highest BCUT2D eigenvalue weighted by Crippen LogP contribution is 2.19. The topological polar surface area (TPSA) is 224 Å². The summed E-state index contributed by atoms with van der Waals surface area (Å²) in [5.41, 5.74) is 7.33. The van der Waals surface area contributed by atoms with Gasteiger partial charge in [0, 0.05) is 27.8 Å². The molecule has 3 aromatic rings. The monoisotopic (exact) mass is 495 g/mol. The Labute approximate surface area is 204 Å². The predicted octanol–water partition coefficient (Wildman–Crippen LogP) is -0.454. The van der Waals surface area contributed by atoms with Crippen LogP contribution in [0, 0.1) is 0 Å². The normalized spacial score (nSPS) is 10.1. The molecule has 0 amide bonds. The van der Waals surface area contributed by atoms with Crippen molar-refractivity contribution >= 4 is 29.7 Å². The van der Waals surface area contributed by atoms with E-state index in [1.165, 1.54) is 11.1 Å². The lowest BCUT2D eigenvalue weighted by molar-refractivity contribution is -0.388. The van der Waals surface area contributed by atoms with Crippen LogP contribution in [0.5, 0.6) is 0 Å². The van der Waals surface area contributed by atoms with Crippen molar-refractivity contribution in [3.05, 3.63) is 105 Å². The third-order valence-electron chi connectivity index (χ3n) is 5.04. The first-order chi connectivity index (χ1) is 17.0. The van der Waals surface area contributed by atoms with Crippen LogP contribution in [0.25, 0.3) is 0 Å². The molecule has 0 heterocycles. The minimum absolute atomic E-state index is 0.209. The van der Waals surface area contributed by atoms with Crippen LogP contribution in [0.2, 0.25) is 0 Å². The van der Waals surface area contributed by atoms with Crippen molar-refractivity contribution in [2.45, 2.75) is 13.1 Å². The van der Waals surface area contributed by atoms with Gasteiger partial charge in [-0.15, -0.1) is 0 Å². The number of carboxylic acid groups (broad SMARTS) is 4. The van der Waals surface area contributed by atoms with Gasteiger partial charge in [-0.05, 0) is 30.3 Å². The Morgan fingerprint density at radius 2 is 1.03 bits per heavy atom. The fourth-order valence-electron chi connectivity index (χ4n) is 3.20. The second-order valence-electron chi connectivity index (χ2n) is 7.37. The minimum Gasteiger partial charge on any atom is -0.545 e. The number of ketones is 1. The summed E-state index contributed by atoms with van der Waals surface area (Å²) in [6.45, 7) is 1.74. The molecule has 3 aromatic carbocycles. The number of quaternary nitrogens is 2. The average Bonchev–Trinajstić information content (AvgIpc) is 2.87. The summed E-state index contributed by atoms with van der Waals surface area (Å²) in [5.74, 6) is -7.20. The number of carboxylic acids is 4. The fraction of sp³-hybridized carbons (Fsp3) is 0.0800. The highest BCUT2D eigenvalue weighted by Gasteiger charge is 2.20. The third kappa shape index (κ3) is 6.59. The van der Waals surface area contributed by atoms with Gasteiger partial charge in [0.15, 0.2) is 5.78 Å². The van der Waals surface area contributed by atoms with Gasteiger partial charge in [0.1, 0.15) is 0 Å². The lowest BCUT2D eigenvalue weighted by Gasteiger charge is -2.10. The predicted molar refractivity (Wildman–Crippen MR) is 121 cm³/mol. The average molecular weight is 495 g/mol. The zero-order valence-electron chi connectivity index (χ0n) is 18.9. The SMILES string of the molecule is O=C(c1ccc(C(=O)O)c(C(=O)[O-])c1)c1ccc(C(=O)O)c(C(=O)O)c1.[NH3+]Cc1cccc(C[NH3+])c1. The zero-order chi connectivity index (χ0) is 27.0. The maximum absolute atomic E-state index is 12.5. The number of hydrogen-bond donors (Lipinski definition) is 5. The first-order valence-corrected chi connectivity index (χ1v) is 10.4. The van der Waals surface area contributed by atoms with Crippen LogP contribution in [0.15, 0.2) is 60.7 Å². The molecule has 0 aromatic heterocycles. The molecule has 0 bridgehead atoms. The van der Waals surface area contributed by atoms with Crippen molar-refractivity contribution in [2.24, 2.45) is 0 Å². The van der Waals surface area contributed by atoms with Crippen molar-refractivity contribution in [1.29, 1.82) is 0 Å². The maximum Gasteiger partial charge on any atom is 0.336 e. The van der Waals surface area contributed by atoms with Gasteiger partial charge >= 0.3 is 17.9 Å².